The highest BCUT2D eigenvalue weighted by Gasteiger charge is 2.24. The molecule has 1 aliphatic heterocycles. The Hall–Kier alpha value is -2.56. The highest BCUT2D eigenvalue weighted by molar-refractivity contribution is 5.63. The molecule has 0 spiro atoms. The summed E-state index contributed by atoms with van der Waals surface area (Å²) in [5, 5.41) is 19.7. The number of aromatic hydroxyl groups is 2. The molecule has 21 heavy (non-hydrogen) atoms. The predicted octanol–water partition coefficient (Wildman–Crippen LogP) is 2.62. The first kappa shape index (κ1) is 13.4. The number of hydrogen-bond acceptors (Lipinski definition) is 5. The van der Waals surface area contributed by atoms with Gasteiger partial charge in [0, 0.05) is 5.56 Å². The third-order valence-corrected chi connectivity index (χ3v) is 3.47. The molecule has 5 heteroatoms. The fourth-order valence-electron chi connectivity index (χ4n) is 2.42. The van der Waals surface area contributed by atoms with Crippen LogP contribution in [-0.2, 0) is 12.8 Å². The molecule has 2 N–H and O–H groups in total. The van der Waals surface area contributed by atoms with Crippen LogP contribution in [0.1, 0.15) is 11.1 Å². The van der Waals surface area contributed by atoms with Gasteiger partial charge in [-0.3, -0.25) is 0 Å². The Labute approximate surface area is 122 Å². The van der Waals surface area contributed by atoms with Crippen molar-refractivity contribution in [2.24, 2.45) is 0 Å². The molecule has 1 aliphatic rings. The quantitative estimate of drug-likeness (QED) is 0.905. The molecular formula is C16H16O5. The van der Waals surface area contributed by atoms with Crippen LogP contribution in [0.15, 0.2) is 30.3 Å². The van der Waals surface area contributed by atoms with Gasteiger partial charge in [0.2, 0.25) is 18.3 Å². The van der Waals surface area contributed by atoms with E-state index >= 15 is 0 Å². The Balaban J connectivity index is 1.86. The van der Waals surface area contributed by atoms with Crippen LogP contribution in [0.25, 0.3) is 0 Å². The van der Waals surface area contributed by atoms with Gasteiger partial charge in [0.05, 0.1) is 7.11 Å². The van der Waals surface area contributed by atoms with Gasteiger partial charge >= 0.3 is 0 Å². The van der Waals surface area contributed by atoms with Crippen molar-refractivity contribution in [3.8, 4) is 28.7 Å². The summed E-state index contributed by atoms with van der Waals surface area (Å²) >= 11 is 0. The molecule has 0 aliphatic carbocycles. The maximum absolute atomic E-state index is 10.3. The smallest absolute Gasteiger partial charge is 0.231 e. The van der Waals surface area contributed by atoms with Gasteiger partial charge in [0.25, 0.3) is 0 Å². The van der Waals surface area contributed by atoms with Gasteiger partial charge in [0.15, 0.2) is 11.5 Å². The number of rotatable bonds is 4. The van der Waals surface area contributed by atoms with Crippen LogP contribution in [0.4, 0.5) is 0 Å². The highest BCUT2D eigenvalue weighted by atomic mass is 16.7. The number of aryl methyl sites for hydroxylation is 2. The Morgan fingerprint density at radius 3 is 2.76 bits per heavy atom. The van der Waals surface area contributed by atoms with Crippen molar-refractivity contribution in [1.82, 2.24) is 0 Å². The Morgan fingerprint density at radius 2 is 2.00 bits per heavy atom. The maximum atomic E-state index is 10.3. The summed E-state index contributed by atoms with van der Waals surface area (Å²) in [5.41, 5.74) is 1.71. The second-order valence-electron chi connectivity index (χ2n) is 4.82. The molecule has 3 rings (SSSR count). The van der Waals surface area contributed by atoms with E-state index in [1.54, 1.807) is 24.3 Å². The number of ether oxygens (including phenoxy) is 3. The normalized spacial score (nSPS) is 12.4. The van der Waals surface area contributed by atoms with Crippen molar-refractivity contribution in [1.29, 1.82) is 0 Å². The summed E-state index contributed by atoms with van der Waals surface area (Å²) in [5.74, 6) is 1.63. The van der Waals surface area contributed by atoms with Crippen molar-refractivity contribution in [3.05, 3.63) is 41.5 Å². The molecule has 0 atom stereocenters. The first-order chi connectivity index (χ1) is 10.2. The van der Waals surface area contributed by atoms with E-state index in [1.807, 2.05) is 6.07 Å². The van der Waals surface area contributed by atoms with Crippen LogP contribution in [0.2, 0.25) is 0 Å². The van der Waals surface area contributed by atoms with E-state index in [0.29, 0.717) is 30.1 Å². The van der Waals surface area contributed by atoms with Gasteiger partial charge in [-0.05, 0) is 36.6 Å². The molecule has 0 bridgehead atoms. The maximum Gasteiger partial charge on any atom is 0.231 e. The standard InChI is InChI=1S/C16H16O5/c1-19-16-14(18)11(8-13-15(16)21-9-20-13)6-5-10-3-2-4-12(17)7-10/h2-4,7-8,17-18H,5-6,9H2,1H3. The minimum Gasteiger partial charge on any atom is -0.508 e. The van der Waals surface area contributed by atoms with Crippen LogP contribution in [0, 0.1) is 0 Å². The number of methoxy groups -OCH3 is 1. The van der Waals surface area contributed by atoms with Crippen molar-refractivity contribution < 1.29 is 24.4 Å². The lowest BCUT2D eigenvalue weighted by Crippen LogP contribution is -1.95. The Bertz CT molecular complexity index is 666. The zero-order valence-electron chi connectivity index (χ0n) is 11.6. The summed E-state index contributed by atoms with van der Waals surface area (Å²) in [6, 6.07) is 8.83. The first-order valence-electron chi connectivity index (χ1n) is 6.65. The van der Waals surface area contributed by atoms with Crippen LogP contribution < -0.4 is 14.2 Å². The van der Waals surface area contributed by atoms with Gasteiger partial charge in [-0.25, -0.2) is 0 Å². The van der Waals surface area contributed by atoms with Crippen LogP contribution in [0.5, 0.6) is 28.7 Å². The van der Waals surface area contributed by atoms with Crippen molar-refractivity contribution in [2.75, 3.05) is 13.9 Å². The Morgan fingerprint density at radius 1 is 1.14 bits per heavy atom. The lowest BCUT2D eigenvalue weighted by atomic mass is 10.0. The first-order valence-corrected chi connectivity index (χ1v) is 6.65. The fourth-order valence-corrected chi connectivity index (χ4v) is 2.42. The Kier molecular flexibility index (Phi) is 3.48. The topological polar surface area (TPSA) is 68.2 Å². The van der Waals surface area contributed by atoms with E-state index < -0.39 is 0 Å². The van der Waals surface area contributed by atoms with E-state index in [1.165, 1.54) is 7.11 Å². The van der Waals surface area contributed by atoms with Gasteiger partial charge < -0.3 is 24.4 Å². The second kappa shape index (κ2) is 5.44. The molecule has 0 fully saturated rings. The molecule has 0 amide bonds. The van der Waals surface area contributed by atoms with E-state index in [2.05, 4.69) is 0 Å². The van der Waals surface area contributed by atoms with E-state index in [-0.39, 0.29) is 18.3 Å². The summed E-state index contributed by atoms with van der Waals surface area (Å²) in [6.45, 7) is 0.126. The molecule has 2 aromatic rings. The molecule has 0 saturated carbocycles. The van der Waals surface area contributed by atoms with Gasteiger partial charge in [0.1, 0.15) is 5.75 Å². The molecule has 5 nitrogen and oxygen atoms in total. The molecule has 0 unspecified atom stereocenters. The average Bonchev–Trinajstić information content (AvgIpc) is 2.93. The lowest BCUT2D eigenvalue weighted by Gasteiger charge is -2.11. The number of hydrogen-bond donors (Lipinski definition) is 2. The molecule has 2 aromatic carbocycles. The predicted molar refractivity (Wildman–Crippen MR) is 76.3 cm³/mol. The van der Waals surface area contributed by atoms with Gasteiger partial charge in [-0.15, -0.1) is 0 Å². The van der Waals surface area contributed by atoms with Gasteiger partial charge in [-0.1, -0.05) is 12.1 Å². The summed E-state index contributed by atoms with van der Waals surface area (Å²) < 4.78 is 15.9. The van der Waals surface area contributed by atoms with Crippen LogP contribution in [0.3, 0.4) is 0 Å². The second-order valence-corrected chi connectivity index (χ2v) is 4.82. The van der Waals surface area contributed by atoms with Gasteiger partial charge in [-0.2, -0.15) is 0 Å². The minimum atomic E-state index is 0.0712. The largest absolute Gasteiger partial charge is 0.508 e. The third kappa shape index (κ3) is 2.54. The monoisotopic (exact) mass is 288 g/mol. The number of benzene rings is 2. The van der Waals surface area contributed by atoms with Crippen molar-refractivity contribution in [2.45, 2.75) is 12.8 Å². The molecule has 0 saturated heterocycles. The minimum absolute atomic E-state index is 0.0712. The molecule has 0 aromatic heterocycles. The van der Waals surface area contributed by atoms with E-state index in [4.69, 9.17) is 14.2 Å². The number of phenols is 2. The number of phenolic OH excluding ortho intramolecular Hbond substituents is 2. The number of fused-ring (bicyclic) bond motifs is 1. The zero-order chi connectivity index (χ0) is 14.8. The van der Waals surface area contributed by atoms with Crippen molar-refractivity contribution >= 4 is 0 Å². The fraction of sp³-hybridized carbons (Fsp3) is 0.250. The molecule has 1 heterocycles. The molecule has 110 valence electrons. The zero-order valence-corrected chi connectivity index (χ0v) is 11.6. The average molecular weight is 288 g/mol. The third-order valence-electron chi connectivity index (χ3n) is 3.47. The van der Waals surface area contributed by atoms with Crippen LogP contribution >= 0.6 is 0 Å². The molecular weight excluding hydrogens is 272 g/mol. The van der Waals surface area contributed by atoms with E-state index in [0.717, 1.165) is 11.1 Å². The summed E-state index contributed by atoms with van der Waals surface area (Å²) in [4.78, 5) is 0. The van der Waals surface area contributed by atoms with Crippen LogP contribution in [-0.4, -0.2) is 24.1 Å². The SMILES string of the molecule is COc1c(O)c(CCc2cccc(O)c2)cc2c1OCO2. The van der Waals surface area contributed by atoms with Crippen molar-refractivity contribution in [3.63, 3.8) is 0 Å². The molecule has 0 radical (unpaired) electrons. The summed E-state index contributed by atoms with van der Waals surface area (Å²) in [6.07, 6.45) is 1.28. The highest BCUT2D eigenvalue weighted by Crippen LogP contribution is 2.48. The summed E-state index contributed by atoms with van der Waals surface area (Å²) in [7, 11) is 1.48. The lowest BCUT2D eigenvalue weighted by molar-refractivity contribution is 0.171. The van der Waals surface area contributed by atoms with E-state index in [9.17, 15) is 10.2 Å².